The van der Waals surface area contributed by atoms with Crippen LogP contribution in [0.2, 0.25) is 0 Å². The van der Waals surface area contributed by atoms with Crippen molar-refractivity contribution in [1.82, 2.24) is 9.80 Å². The van der Waals surface area contributed by atoms with Crippen molar-refractivity contribution in [1.29, 1.82) is 0 Å². The van der Waals surface area contributed by atoms with Crippen LogP contribution >= 0.6 is 14.3 Å². The van der Waals surface area contributed by atoms with E-state index in [4.69, 9.17) is 0 Å². The third-order valence-corrected chi connectivity index (χ3v) is 16.2. The molecule has 0 aliphatic heterocycles. The first kappa shape index (κ1) is 37.5. The van der Waals surface area contributed by atoms with Crippen LogP contribution in [0.5, 0.6) is 0 Å². The van der Waals surface area contributed by atoms with E-state index in [-0.39, 0.29) is 11.4 Å². The average molecular weight is 722 g/mol. The van der Waals surface area contributed by atoms with Crippen LogP contribution in [0.1, 0.15) is 50.4 Å². The predicted molar refractivity (Wildman–Crippen MR) is 206 cm³/mol. The lowest BCUT2D eigenvalue weighted by atomic mass is 10.1. The van der Waals surface area contributed by atoms with Gasteiger partial charge in [-0.15, -0.1) is 0 Å². The molecule has 5 rings (SSSR count). The fraction of sp³-hybridized carbons (Fsp3) is 0.244. The van der Waals surface area contributed by atoms with E-state index < -0.39 is 37.4 Å². The molecule has 10 heteroatoms. The van der Waals surface area contributed by atoms with Gasteiger partial charge in [0.05, 0.1) is 0 Å². The molecule has 0 unspecified atom stereocenters. The van der Waals surface area contributed by atoms with Crippen LogP contribution in [-0.2, 0) is 18.7 Å². The normalized spacial score (nSPS) is 12.9. The second-order valence-corrected chi connectivity index (χ2v) is 17.9. The maximum atomic E-state index is 16.0. The van der Waals surface area contributed by atoms with Gasteiger partial charge in [0.2, 0.25) is 23.2 Å². The van der Waals surface area contributed by atoms with Crippen molar-refractivity contribution in [2.24, 2.45) is 0 Å². The second-order valence-electron chi connectivity index (χ2n) is 12.2. The highest BCUT2D eigenvalue weighted by atomic mass is 31.2. The topological polar surface area (TPSA) is 102 Å². The summed E-state index contributed by atoms with van der Waals surface area (Å²) in [6.45, 7) is 8.66. The Kier molecular flexibility index (Phi) is 12.1. The number of carbonyl (C=O) groups excluding carboxylic acids is 2. The van der Waals surface area contributed by atoms with Gasteiger partial charge in [0.1, 0.15) is 0 Å². The molecule has 5 aromatic rings. The summed E-state index contributed by atoms with van der Waals surface area (Å²) in [6, 6.07) is 39.8. The van der Waals surface area contributed by atoms with Gasteiger partial charge < -0.3 is 24.1 Å². The first-order chi connectivity index (χ1) is 24.7. The Bertz CT molecular complexity index is 1790. The molecule has 0 spiro atoms. The molecular weight excluding hydrogens is 676 g/mol. The Balaban J connectivity index is 1.88. The Labute approximate surface area is 301 Å². The van der Waals surface area contributed by atoms with Crippen molar-refractivity contribution < 1.29 is 23.4 Å². The third kappa shape index (κ3) is 7.08. The zero-order chi connectivity index (χ0) is 36.6. The Morgan fingerprint density at radius 2 is 0.745 bits per heavy atom. The maximum absolute atomic E-state index is 16.0. The number of likely N-dealkylation sites (N-methyl/N-ethyl adjacent to an activating group) is 2. The molecule has 264 valence electrons. The molecule has 0 bridgehead atoms. The molecular formula is C41H45N3O5P2. The van der Waals surface area contributed by atoms with Gasteiger partial charge in [-0.1, -0.05) is 121 Å². The van der Waals surface area contributed by atoms with Gasteiger partial charge in [0, 0.05) is 59.5 Å². The zero-order valence-electron chi connectivity index (χ0n) is 29.5. The van der Waals surface area contributed by atoms with Crippen LogP contribution in [0.15, 0.2) is 140 Å². The summed E-state index contributed by atoms with van der Waals surface area (Å²) in [5.74, 6) is -0.947. The number of nitrogens with zero attached hydrogens (tertiary/aromatic N) is 3. The molecule has 1 aromatic heterocycles. The van der Waals surface area contributed by atoms with Gasteiger partial charge in [-0.3, -0.25) is 9.59 Å². The molecule has 0 saturated carbocycles. The summed E-state index contributed by atoms with van der Waals surface area (Å²) in [6.07, 6.45) is 0. The van der Waals surface area contributed by atoms with Gasteiger partial charge in [-0.05, 0) is 33.8 Å². The largest absolute Gasteiger partial charge is 0.618 e. The van der Waals surface area contributed by atoms with E-state index >= 15 is 14.3 Å². The van der Waals surface area contributed by atoms with Gasteiger partial charge in [-0.2, -0.15) is 4.73 Å². The molecule has 2 atom stereocenters. The smallest absolute Gasteiger partial charge is 0.244 e. The van der Waals surface area contributed by atoms with Crippen molar-refractivity contribution in [3.8, 4) is 0 Å². The van der Waals surface area contributed by atoms with Crippen molar-refractivity contribution in [2.75, 3.05) is 26.2 Å². The van der Waals surface area contributed by atoms with Crippen LogP contribution in [0.25, 0.3) is 0 Å². The van der Waals surface area contributed by atoms with Crippen LogP contribution in [0.4, 0.5) is 0 Å². The summed E-state index contributed by atoms with van der Waals surface area (Å²) in [7, 11) is -7.91. The first-order valence-corrected chi connectivity index (χ1v) is 20.9. The third-order valence-electron chi connectivity index (χ3n) is 9.47. The number of carbonyl (C=O) groups is 2. The Morgan fingerprint density at radius 1 is 0.490 bits per heavy atom. The summed E-state index contributed by atoms with van der Waals surface area (Å²) in [4.78, 5) is 32.7. The minimum absolute atomic E-state index is 0.0783. The SMILES string of the molecule is CCN(CC)C(=O)[C@H](c1cccc([C@H](C(=O)N(CC)CC)P(=O)(c2ccccc2)c2ccccc2)[n+]1[O-])P(=O)(c1ccccc1)c1ccccc1. The second kappa shape index (κ2) is 16.5. The first-order valence-electron chi connectivity index (χ1n) is 17.4. The molecule has 0 aliphatic rings. The number of aromatic nitrogens is 1. The highest BCUT2D eigenvalue weighted by Gasteiger charge is 2.52. The monoisotopic (exact) mass is 721 g/mol. The van der Waals surface area contributed by atoms with E-state index in [9.17, 15) is 9.59 Å². The number of benzene rings is 4. The van der Waals surface area contributed by atoms with Crippen LogP contribution in [0.3, 0.4) is 0 Å². The molecule has 0 aliphatic carbocycles. The number of rotatable bonds is 14. The molecule has 0 N–H and O–H groups in total. The molecule has 51 heavy (non-hydrogen) atoms. The van der Waals surface area contributed by atoms with Gasteiger partial charge in [-0.25, -0.2) is 0 Å². The summed E-state index contributed by atoms with van der Waals surface area (Å²) >= 11 is 0. The maximum Gasteiger partial charge on any atom is 0.244 e. The molecule has 2 amide bonds. The number of hydrogen-bond donors (Lipinski definition) is 0. The van der Waals surface area contributed by atoms with Crippen molar-refractivity contribution >= 4 is 47.3 Å². The Hall–Kier alpha value is -4.77. The van der Waals surface area contributed by atoms with Crippen molar-refractivity contribution in [2.45, 2.75) is 39.0 Å². The number of hydrogen-bond acceptors (Lipinski definition) is 5. The van der Waals surface area contributed by atoms with Crippen LogP contribution in [0, 0.1) is 5.21 Å². The lowest BCUT2D eigenvalue weighted by Gasteiger charge is -2.33. The fourth-order valence-corrected chi connectivity index (χ4v) is 13.1. The van der Waals surface area contributed by atoms with Crippen LogP contribution in [-0.4, -0.2) is 47.8 Å². The Morgan fingerprint density at radius 3 is 0.980 bits per heavy atom. The van der Waals surface area contributed by atoms with Crippen molar-refractivity contribution in [3.63, 3.8) is 0 Å². The van der Waals surface area contributed by atoms with Gasteiger partial charge in [0.15, 0.2) is 25.6 Å². The molecule has 0 saturated heterocycles. The molecule has 8 nitrogen and oxygen atoms in total. The molecule has 0 fully saturated rings. The minimum Gasteiger partial charge on any atom is -0.618 e. The van der Waals surface area contributed by atoms with Gasteiger partial charge >= 0.3 is 0 Å². The summed E-state index contributed by atoms with van der Waals surface area (Å²) in [5, 5.41) is 16.9. The standard InChI is InChI=1S/C41H45N3O5P2/c1-5-42(6-2)40(45)38(50(48,32-22-13-9-14-23-32)33-24-15-10-16-25-33)36-30-21-31-37(44(36)47)39(41(46)43(7-3)8-4)51(49,34-26-17-11-18-27-34)35-28-19-12-20-29-35/h9-31,38-39H,5-8H2,1-4H3/t38-,39+. The average Bonchev–Trinajstić information content (AvgIpc) is 3.18. The van der Waals surface area contributed by atoms with E-state index in [0.717, 1.165) is 0 Å². The van der Waals surface area contributed by atoms with E-state index in [1.54, 1.807) is 113 Å². The minimum atomic E-state index is -3.96. The highest BCUT2D eigenvalue weighted by molar-refractivity contribution is 7.80. The van der Waals surface area contributed by atoms with E-state index in [0.29, 0.717) is 52.1 Å². The van der Waals surface area contributed by atoms with E-state index in [1.165, 1.54) is 12.1 Å². The highest BCUT2D eigenvalue weighted by Crippen LogP contribution is 2.59. The zero-order valence-corrected chi connectivity index (χ0v) is 31.3. The lowest BCUT2D eigenvalue weighted by Crippen LogP contribution is -2.48. The van der Waals surface area contributed by atoms with E-state index in [1.807, 2.05) is 52.0 Å². The predicted octanol–water partition coefficient (Wildman–Crippen LogP) is 6.17. The quantitative estimate of drug-likeness (QED) is 0.0777. The molecule has 1 heterocycles. The molecule has 0 radical (unpaired) electrons. The molecule has 4 aromatic carbocycles. The van der Waals surface area contributed by atoms with Crippen molar-refractivity contribution in [3.05, 3.63) is 156 Å². The summed E-state index contributed by atoms with van der Waals surface area (Å²) < 4.78 is 32.5. The lowest BCUT2D eigenvalue weighted by molar-refractivity contribution is -0.621. The summed E-state index contributed by atoms with van der Waals surface area (Å²) in [5.41, 5.74) is -3.05. The number of pyridine rings is 1. The van der Waals surface area contributed by atoms with Gasteiger partial charge in [0.25, 0.3) is 0 Å². The fourth-order valence-electron chi connectivity index (χ4n) is 6.78. The van der Waals surface area contributed by atoms with Crippen LogP contribution < -0.4 is 25.9 Å². The number of amides is 2. The van der Waals surface area contributed by atoms with E-state index in [2.05, 4.69) is 0 Å².